The topological polar surface area (TPSA) is 298 Å². The zero-order valence-electron chi connectivity index (χ0n) is 63.3. The third-order valence-electron chi connectivity index (χ3n) is 27.6. The minimum Gasteiger partial charge on any atom is -0.481 e. The molecule has 8 fully saturated rings. The number of nitrogens with two attached hydrogens (primary N) is 4. The van der Waals surface area contributed by atoms with Crippen LogP contribution in [0.1, 0.15) is 307 Å². The Kier molecular flexibility index (Phi) is 36.0. The van der Waals surface area contributed by atoms with E-state index in [9.17, 15) is 28.8 Å². The van der Waals surface area contributed by atoms with Crippen molar-refractivity contribution in [2.24, 2.45) is 116 Å². The fourth-order valence-corrected chi connectivity index (χ4v) is 21.9. The number of amides is 2. The van der Waals surface area contributed by atoms with Crippen molar-refractivity contribution in [1.82, 2.24) is 10.6 Å². The minimum absolute atomic E-state index is 0. The summed E-state index contributed by atoms with van der Waals surface area (Å²) in [6, 6.07) is 1.12. The summed E-state index contributed by atoms with van der Waals surface area (Å²) in [5.41, 5.74) is 27.1. The van der Waals surface area contributed by atoms with Crippen molar-refractivity contribution in [2.75, 3.05) is 13.1 Å². The van der Waals surface area contributed by atoms with Gasteiger partial charge < -0.3 is 53.3 Å². The van der Waals surface area contributed by atoms with Crippen LogP contribution < -0.4 is 33.6 Å². The number of carboxylic acids is 2. The van der Waals surface area contributed by atoms with E-state index in [0.29, 0.717) is 43.2 Å². The van der Waals surface area contributed by atoms with Crippen LogP contribution in [0, 0.1) is 92.7 Å². The number of aliphatic carboxylic acids is 2. The molecule has 8 saturated carbocycles. The molecule has 16 nitrogen and oxygen atoms in total. The Morgan fingerprint density at radius 1 is 0.485 bits per heavy atom. The third-order valence-corrected chi connectivity index (χ3v) is 27.6. The summed E-state index contributed by atoms with van der Waals surface area (Å²) in [6.45, 7) is 25.6. The van der Waals surface area contributed by atoms with Crippen molar-refractivity contribution < 1.29 is 90.6 Å². The van der Waals surface area contributed by atoms with Crippen LogP contribution >= 0.6 is 0 Å². The number of allylic oxidation sites excluding steroid dienone is 2. The molecule has 20 atom stereocenters. The summed E-state index contributed by atoms with van der Waals surface area (Å²) in [4.78, 5) is 65.6. The summed E-state index contributed by atoms with van der Waals surface area (Å²) < 4.78 is 11.7. The van der Waals surface area contributed by atoms with Gasteiger partial charge in [-0.3, -0.25) is 19.2 Å². The van der Waals surface area contributed by atoms with Crippen LogP contribution in [0.15, 0.2) is 23.3 Å². The SMILES string of the molecule is CC(C)CCC[C@@H](C)[C@H]1CC[C@H]2[C@@H]3CC=C4CC(OC(=O)NCCCC(=[OH+])CC(=O)O)CC[C@]4(C)[C@H]3CC[C@]12C.CC(C)CCC[C@@H](C)[C@H]1CC[C@H]2[C@@H]3CC=C4CC(OC(=O)NCCCC(=[OH+])CCC(=O)O)CC[C@]4(C)[C@H]3CC[C@]12C.NC1CCCCC1N.NC1CCCCC1N.[Pt].[Pt]. The van der Waals surface area contributed by atoms with Crippen molar-refractivity contribution in [3.05, 3.63) is 23.3 Å². The van der Waals surface area contributed by atoms with E-state index >= 15 is 0 Å². The molecule has 10 rings (SSSR count). The van der Waals surface area contributed by atoms with Gasteiger partial charge in [0.2, 0.25) is 0 Å². The first kappa shape index (κ1) is 87.2. The molecule has 0 bridgehead atoms. The second-order valence-electron chi connectivity index (χ2n) is 35.0. The molecule has 18 heteroatoms. The fraction of sp³-hybridized carbons (Fsp3) is 0.877. The van der Waals surface area contributed by atoms with Gasteiger partial charge in [0.1, 0.15) is 12.2 Å². The number of rotatable bonds is 25. The fourth-order valence-electron chi connectivity index (χ4n) is 21.9. The van der Waals surface area contributed by atoms with E-state index in [4.69, 9.17) is 42.6 Å². The number of ether oxygens (including phenoxy) is 2. The van der Waals surface area contributed by atoms with Crippen molar-refractivity contribution in [1.29, 1.82) is 0 Å². The van der Waals surface area contributed by atoms with Gasteiger partial charge in [0.25, 0.3) is 5.78 Å². The maximum absolute atomic E-state index is 12.5. The van der Waals surface area contributed by atoms with Gasteiger partial charge in [-0.2, -0.15) is 0 Å². The van der Waals surface area contributed by atoms with E-state index < -0.39 is 18.0 Å². The molecule has 99 heavy (non-hydrogen) atoms. The maximum atomic E-state index is 12.5. The molecular formula is C81H142N6O10Pt2+2. The van der Waals surface area contributed by atoms with E-state index in [-0.39, 0.29) is 133 Å². The molecule has 10 aliphatic carbocycles. The number of carbonyl (C=O) groups excluding carboxylic acids is 4. The van der Waals surface area contributed by atoms with E-state index in [1.165, 1.54) is 140 Å². The summed E-state index contributed by atoms with van der Waals surface area (Å²) >= 11 is 0. The van der Waals surface area contributed by atoms with E-state index in [1.54, 1.807) is 0 Å². The maximum Gasteiger partial charge on any atom is 0.407 e. The monoisotopic (exact) mass is 1750 g/mol. The van der Waals surface area contributed by atoms with Crippen LogP contribution in [-0.4, -0.2) is 105 Å². The number of fused-ring (bicyclic) bond motifs is 10. The average molecular weight is 1750 g/mol. The van der Waals surface area contributed by atoms with Crippen LogP contribution in [0.3, 0.4) is 0 Å². The van der Waals surface area contributed by atoms with Crippen molar-refractivity contribution >= 4 is 35.7 Å². The zero-order valence-corrected chi connectivity index (χ0v) is 67.8. The van der Waals surface area contributed by atoms with Crippen LogP contribution in [0.4, 0.5) is 9.59 Å². The molecule has 0 saturated heterocycles. The van der Waals surface area contributed by atoms with Gasteiger partial charge in [0, 0.05) is 92.2 Å². The second kappa shape index (κ2) is 40.9. The van der Waals surface area contributed by atoms with Crippen LogP contribution in [0.5, 0.6) is 0 Å². The first-order valence-electron chi connectivity index (χ1n) is 39.8. The van der Waals surface area contributed by atoms with Crippen LogP contribution in [0.2, 0.25) is 0 Å². The zero-order chi connectivity index (χ0) is 70.8. The first-order chi connectivity index (χ1) is 46.0. The summed E-state index contributed by atoms with van der Waals surface area (Å²) in [7, 11) is 0. The molecule has 0 radical (unpaired) electrons. The Balaban J connectivity index is 0.000000286. The van der Waals surface area contributed by atoms with Crippen molar-refractivity contribution in [3.8, 4) is 0 Å². The third kappa shape index (κ3) is 24.0. The molecule has 0 aromatic carbocycles. The van der Waals surface area contributed by atoms with Crippen molar-refractivity contribution in [3.63, 3.8) is 0 Å². The average Bonchev–Trinajstić information content (AvgIpc) is 1.71. The predicted molar refractivity (Wildman–Crippen MR) is 393 cm³/mol. The second-order valence-corrected chi connectivity index (χ2v) is 35.0. The largest absolute Gasteiger partial charge is 0.481 e. The number of nitrogens with one attached hydrogen (secondary N) is 2. The van der Waals surface area contributed by atoms with Crippen LogP contribution in [-0.2, 0) is 61.2 Å². The predicted octanol–water partition coefficient (Wildman–Crippen LogP) is 16.7. The summed E-state index contributed by atoms with van der Waals surface area (Å²) in [5.74, 6) is 8.02. The van der Waals surface area contributed by atoms with Gasteiger partial charge in [-0.25, -0.2) is 9.59 Å². The first-order valence-corrected chi connectivity index (χ1v) is 39.8. The van der Waals surface area contributed by atoms with E-state index in [1.807, 2.05) is 0 Å². The molecule has 0 aromatic rings. The molecule has 0 aliphatic heterocycles. The van der Waals surface area contributed by atoms with Gasteiger partial charge in [0.15, 0.2) is 6.42 Å². The van der Waals surface area contributed by atoms with Gasteiger partial charge in [-0.1, -0.05) is 157 Å². The molecule has 0 aromatic heterocycles. The van der Waals surface area contributed by atoms with Gasteiger partial charge in [-0.15, -0.1) is 0 Å². The number of ketones is 2. The molecule has 0 heterocycles. The Hall–Kier alpha value is -2.48. The Labute approximate surface area is 628 Å². The smallest absolute Gasteiger partial charge is 0.407 e. The van der Waals surface area contributed by atoms with E-state index in [2.05, 4.69) is 92.0 Å². The van der Waals surface area contributed by atoms with Crippen LogP contribution in [0.25, 0.3) is 0 Å². The molecule has 6 unspecified atom stereocenters. The van der Waals surface area contributed by atoms with Gasteiger partial charge in [0.05, 0.1) is 25.7 Å². The number of alkyl carbamates (subject to hydrolysis) is 2. The van der Waals surface area contributed by atoms with Crippen molar-refractivity contribution in [2.45, 2.75) is 343 Å². The Bertz CT molecular complexity index is 2580. The quantitative estimate of drug-likeness (QED) is 0.0183. The molecule has 10 aliphatic rings. The number of hydrogen-bond donors (Lipinski definition) is 8. The molecule has 2 amide bonds. The Morgan fingerprint density at radius 2 is 0.869 bits per heavy atom. The van der Waals surface area contributed by atoms with E-state index in [0.717, 1.165) is 135 Å². The number of hydrogen-bond acceptors (Lipinski definition) is 10. The summed E-state index contributed by atoms with van der Waals surface area (Å²) in [6.07, 6.45) is 42.7. The normalized spacial score (nSPS) is 35.4. The van der Waals surface area contributed by atoms with Gasteiger partial charge in [-0.05, 0) is 221 Å². The molecule has 0 spiro atoms. The van der Waals surface area contributed by atoms with Gasteiger partial charge >= 0.3 is 29.9 Å². The molecular weight excluding hydrogens is 1610 g/mol. The summed E-state index contributed by atoms with van der Waals surface area (Å²) in [5, 5.41) is 23.0. The standard InChI is InChI=1S/C35H57NO5.C34H55NO5.2C6H14N2.2Pt/c1-23(2)8-6-9-24(3)29-14-15-30-28-13-11-25-22-27(17-19-34(25,4)31(28)18-20-35(29,30)5)41-33(40)36-21-7-10-26(37)12-16-32(38)39;1-22(2)8-6-9-23(3)28-13-14-29-27-12-11-24-20-26(15-17-33(24,4)30(27)16-18-34(28,29)5)40-32(39)35-19-7-10-25(36)21-31(37)38;2*7-5-3-1-2-4-6(5)8;;/h11,23-24,27-31H,6-10,12-22H2,1-5H3,(H,36,40)(H,38,39);11,22-23,26-30H,6-10,12-21H2,1-5H3,(H,35,39)(H,37,38);2*5-6H,1-4,7-8H2;;/p+2/t24-,27?,28+,29-,30+,31+,34+,35-;23-,26?,27+,28-,29+,30+,33+,34-;;;;/m11..../s1. The molecule has 14 N–H and O–H groups in total. The number of carbonyl (C=O) groups is 4. The molecule has 574 valence electrons. The minimum atomic E-state index is -1.05. The number of carboxylic acid groups (broad SMARTS) is 2. The Morgan fingerprint density at radius 3 is 1.22 bits per heavy atom.